The van der Waals surface area contributed by atoms with E-state index in [1.54, 1.807) is 0 Å². The lowest BCUT2D eigenvalue weighted by atomic mass is 9.75. The molecule has 0 bridgehead atoms. The number of rotatable bonds is 2. The van der Waals surface area contributed by atoms with Gasteiger partial charge in [-0.05, 0) is 36.5 Å². The molecule has 1 aromatic carbocycles. The Morgan fingerprint density at radius 2 is 2.06 bits per heavy atom. The normalized spacial score (nSPS) is 25.3. The second kappa shape index (κ2) is 4.88. The summed E-state index contributed by atoms with van der Waals surface area (Å²) in [6, 6.07) is 7.60. The van der Waals surface area contributed by atoms with E-state index in [9.17, 15) is 9.90 Å². The van der Waals surface area contributed by atoms with Crippen molar-refractivity contribution >= 4 is 17.6 Å². The molecule has 0 radical (unpaired) electrons. The van der Waals surface area contributed by atoms with Gasteiger partial charge in [-0.3, -0.25) is 4.79 Å². The highest BCUT2D eigenvalue weighted by Gasteiger charge is 2.31. The maximum Gasteiger partial charge on any atom is 0.307 e. The quantitative estimate of drug-likeness (QED) is 0.853. The van der Waals surface area contributed by atoms with Crippen LogP contribution < -0.4 is 0 Å². The Labute approximate surface area is 100 Å². The van der Waals surface area contributed by atoms with Crippen molar-refractivity contribution in [3.05, 3.63) is 34.9 Å². The summed E-state index contributed by atoms with van der Waals surface area (Å²) in [5.41, 5.74) is 1.07. The minimum atomic E-state index is -0.676. The van der Waals surface area contributed by atoms with Crippen molar-refractivity contribution in [3.8, 4) is 0 Å². The van der Waals surface area contributed by atoms with Crippen LogP contribution in [0.4, 0.5) is 0 Å². The second-order valence-electron chi connectivity index (χ2n) is 4.39. The third-order valence-electron chi connectivity index (χ3n) is 3.36. The number of carbonyl (C=O) groups is 1. The maximum absolute atomic E-state index is 11.2. The van der Waals surface area contributed by atoms with Crippen molar-refractivity contribution in [2.24, 2.45) is 5.92 Å². The van der Waals surface area contributed by atoms with Gasteiger partial charge >= 0.3 is 5.97 Å². The van der Waals surface area contributed by atoms with E-state index in [1.807, 2.05) is 24.3 Å². The molecular formula is C13H15ClO2. The molecule has 0 saturated heterocycles. The van der Waals surface area contributed by atoms with Gasteiger partial charge in [0.2, 0.25) is 0 Å². The van der Waals surface area contributed by atoms with Gasteiger partial charge in [-0.1, -0.05) is 36.6 Å². The van der Waals surface area contributed by atoms with Gasteiger partial charge in [0.05, 0.1) is 5.92 Å². The molecule has 2 rings (SSSR count). The Kier molecular flexibility index (Phi) is 3.49. The van der Waals surface area contributed by atoms with E-state index < -0.39 is 5.97 Å². The van der Waals surface area contributed by atoms with Gasteiger partial charge in [0, 0.05) is 5.02 Å². The third-order valence-corrected chi connectivity index (χ3v) is 3.60. The summed E-state index contributed by atoms with van der Waals surface area (Å²) in [6.07, 6.45) is 3.87. The molecular weight excluding hydrogens is 224 g/mol. The highest BCUT2D eigenvalue weighted by Crippen LogP contribution is 2.38. The Bertz CT molecular complexity index is 389. The van der Waals surface area contributed by atoms with Crippen LogP contribution in [0, 0.1) is 5.92 Å². The Morgan fingerprint density at radius 1 is 1.31 bits per heavy atom. The zero-order valence-corrected chi connectivity index (χ0v) is 9.78. The van der Waals surface area contributed by atoms with E-state index in [0.717, 1.165) is 31.2 Å². The summed E-state index contributed by atoms with van der Waals surface area (Å²) in [5.74, 6) is -0.790. The van der Waals surface area contributed by atoms with Gasteiger partial charge in [0.15, 0.2) is 0 Å². The molecule has 0 aromatic heterocycles. The standard InChI is InChI=1S/C13H15ClO2/c14-10-5-3-4-9(8-10)11-6-1-2-7-12(11)13(15)16/h3-5,8,11-12H,1-2,6-7H2,(H,15,16)/t11-,12+/m0/s1. The van der Waals surface area contributed by atoms with Crippen LogP contribution in [-0.4, -0.2) is 11.1 Å². The molecule has 0 amide bonds. The fraction of sp³-hybridized carbons (Fsp3) is 0.462. The molecule has 0 heterocycles. The average Bonchev–Trinajstić information content (AvgIpc) is 2.29. The number of benzene rings is 1. The molecule has 3 heteroatoms. The number of carboxylic acids is 1. The van der Waals surface area contributed by atoms with Gasteiger partial charge in [-0.2, -0.15) is 0 Å². The smallest absolute Gasteiger partial charge is 0.307 e. The summed E-state index contributed by atoms with van der Waals surface area (Å²) >= 11 is 5.94. The van der Waals surface area contributed by atoms with Crippen molar-refractivity contribution < 1.29 is 9.90 Å². The monoisotopic (exact) mass is 238 g/mol. The molecule has 1 saturated carbocycles. The fourth-order valence-electron chi connectivity index (χ4n) is 2.56. The van der Waals surface area contributed by atoms with Crippen LogP contribution >= 0.6 is 11.6 Å². The van der Waals surface area contributed by atoms with Crippen LogP contribution in [0.25, 0.3) is 0 Å². The van der Waals surface area contributed by atoms with Crippen molar-refractivity contribution in [2.75, 3.05) is 0 Å². The molecule has 0 unspecified atom stereocenters. The molecule has 1 fully saturated rings. The Morgan fingerprint density at radius 3 is 2.75 bits per heavy atom. The highest BCUT2D eigenvalue weighted by molar-refractivity contribution is 6.30. The van der Waals surface area contributed by atoms with Crippen LogP contribution in [0.2, 0.25) is 5.02 Å². The average molecular weight is 239 g/mol. The van der Waals surface area contributed by atoms with Crippen molar-refractivity contribution in [3.63, 3.8) is 0 Å². The van der Waals surface area contributed by atoms with Crippen molar-refractivity contribution in [1.29, 1.82) is 0 Å². The van der Waals surface area contributed by atoms with E-state index in [-0.39, 0.29) is 11.8 Å². The van der Waals surface area contributed by atoms with Crippen LogP contribution in [-0.2, 0) is 4.79 Å². The van der Waals surface area contributed by atoms with E-state index >= 15 is 0 Å². The van der Waals surface area contributed by atoms with Crippen LogP contribution in [0.1, 0.15) is 37.2 Å². The number of hydrogen-bond acceptors (Lipinski definition) is 1. The number of hydrogen-bond donors (Lipinski definition) is 1. The highest BCUT2D eigenvalue weighted by atomic mass is 35.5. The lowest BCUT2D eigenvalue weighted by Crippen LogP contribution is -2.25. The summed E-state index contributed by atoms with van der Waals surface area (Å²) in [6.45, 7) is 0. The Hall–Kier alpha value is -1.02. The largest absolute Gasteiger partial charge is 0.481 e. The molecule has 1 aromatic rings. The maximum atomic E-state index is 11.2. The molecule has 2 atom stereocenters. The van der Waals surface area contributed by atoms with Crippen LogP contribution in [0.3, 0.4) is 0 Å². The second-order valence-corrected chi connectivity index (χ2v) is 4.83. The lowest BCUT2D eigenvalue weighted by Gasteiger charge is -2.28. The van der Waals surface area contributed by atoms with E-state index in [2.05, 4.69) is 0 Å². The molecule has 1 N–H and O–H groups in total. The van der Waals surface area contributed by atoms with Gasteiger partial charge in [0.25, 0.3) is 0 Å². The first-order chi connectivity index (χ1) is 7.68. The minimum Gasteiger partial charge on any atom is -0.481 e. The van der Waals surface area contributed by atoms with Gasteiger partial charge < -0.3 is 5.11 Å². The SMILES string of the molecule is O=C(O)[C@@H]1CCCC[C@H]1c1cccc(Cl)c1. The molecule has 16 heavy (non-hydrogen) atoms. The summed E-state index contributed by atoms with van der Waals surface area (Å²) < 4.78 is 0. The predicted octanol–water partition coefficient (Wildman–Crippen LogP) is 3.70. The first-order valence-corrected chi connectivity index (χ1v) is 6.04. The Balaban J connectivity index is 2.26. The lowest BCUT2D eigenvalue weighted by molar-refractivity contribution is -0.143. The number of carboxylic acid groups (broad SMARTS) is 1. The zero-order valence-electron chi connectivity index (χ0n) is 9.03. The fourth-order valence-corrected chi connectivity index (χ4v) is 2.76. The molecule has 1 aliphatic rings. The summed E-state index contributed by atoms with van der Waals surface area (Å²) in [7, 11) is 0. The van der Waals surface area contributed by atoms with Gasteiger partial charge in [0.1, 0.15) is 0 Å². The first-order valence-electron chi connectivity index (χ1n) is 5.67. The predicted molar refractivity (Wildman–Crippen MR) is 63.8 cm³/mol. The van der Waals surface area contributed by atoms with Crippen molar-refractivity contribution in [2.45, 2.75) is 31.6 Å². The van der Waals surface area contributed by atoms with Crippen LogP contribution in [0.5, 0.6) is 0 Å². The van der Waals surface area contributed by atoms with E-state index in [1.165, 1.54) is 0 Å². The minimum absolute atomic E-state index is 0.130. The van der Waals surface area contributed by atoms with E-state index in [0.29, 0.717) is 5.02 Å². The zero-order chi connectivity index (χ0) is 11.5. The molecule has 2 nitrogen and oxygen atoms in total. The van der Waals surface area contributed by atoms with Crippen molar-refractivity contribution in [1.82, 2.24) is 0 Å². The topological polar surface area (TPSA) is 37.3 Å². The summed E-state index contributed by atoms with van der Waals surface area (Å²) in [4.78, 5) is 11.2. The number of halogens is 1. The van der Waals surface area contributed by atoms with E-state index in [4.69, 9.17) is 11.6 Å². The summed E-state index contributed by atoms with van der Waals surface area (Å²) in [5, 5.41) is 9.89. The van der Waals surface area contributed by atoms with Crippen LogP contribution in [0.15, 0.2) is 24.3 Å². The number of aliphatic carboxylic acids is 1. The molecule has 0 aliphatic heterocycles. The molecule has 86 valence electrons. The van der Waals surface area contributed by atoms with Gasteiger partial charge in [-0.25, -0.2) is 0 Å². The molecule has 1 aliphatic carbocycles. The third kappa shape index (κ3) is 2.38. The van der Waals surface area contributed by atoms with Gasteiger partial charge in [-0.15, -0.1) is 0 Å². The molecule has 0 spiro atoms. The first kappa shape index (κ1) is 11.5.